The van der Waals surface area contributed by atoms with Crippen LogP contribution in [0.25, 0.3) is 0 Å². The monoisotopic (exact) mass is 297 g/mol. The second-order valence-electron chi connectivity index (χ2n) is 3.82. The van der Waals surface area contributed by atoms with Crippen molar-refractivity contribution in [3.8, 4) is 0 Å². The summed E-state index contributed by atoms with van der Waals surface area (Å²) in [6.45, 7) is -1.38. The van der Waals surface area contributed by atoms with E-state index in [1.807, 2.05) is 0 Å². The molecule has 0 aromatic carbocycles. The summed E-state index contributed by atoms with van der Waals surface area (Å²) in [7, 11) is 1.45. The van der Waals surface area contributed by atoms with Crippen molar-refractivity contribution in [1.29, 1.82) is 0 Å². The summed E-state index contributed by atoms with van der Waals surface area (Å²) < 4.78 is 46.1. The van der Waals surface area contributed by atoms with Crippen molar-refractivity contribution < 1.29 is 32.5 Å². The summed E-state index contributed by atoms with van der Waals surface area (Å²) in [5.74, 6) is -1.25. The van der Waals surface area contributed by atoms with Crippen molar-refractivity contribution in [3.05, 3.63) is 11.4 Å². The van der Waals surface area contributed by atoms with Crippen LogP contribution in [0.3, 0.4) is 0 Å². The van der Waals surface area contributed by atoms with E-state index >= 15 is 0 Å². The first-order valence-corrected chi connectivity index (χ1v) is 5.64. The highest BCUT2D eigenvalue weighted by molar-refractivity contribution is 5.86. The van der Waals surface area contributed by atoms with Crippen LogP contribution < -0.4 is 0 Å². The lowest BCUT2D eigenvalue weighted by atomic mass is 10.2. The van der Waals surface area contributed by atoms with E-state index in [4.69, 9.17) is 9.84 Å². The highest BCUT2D eigenvalue weighted by atomic mass is 19.4. The Bertz CT molecular complexity index is 447. The Labute approximate surface area is 112 Å². The summed E-state index contributed by atoms with van der Waals surface area (Å²) in [6.07, 6.45) is -4.15. The third kappa shape index (κ3) is 5.13. The number of carbonyl (C=O) groups is 1. The Morgan fingerprint density at radius 2 is 2.10 bits per heavy atom. The number of methoxy groups -OCH3 is 1. The normalized spacial score (nSPS) is 11.8. The van der Waals surface area contributed by atoms with Gasteiger partial charge in [-0.15, -0.1) is 5.10 Å². The predicted molar refractivity (Wildman–Crippen MR) is 59.4 cm³/mol. The van der Waals surface area contributed by atoms with Crippen LogP contribution in [0.1, 0.15) is 16.2 Å². The summed E-state index contributed by atoms with van der Waals surface area (Å²) in [5.41, 5.74) is 0.0489. The zero-order valence-electron chi connectivity index (χ0n) is 10.7. The molecule has 20 heavy (non-hydrogen) atoms. The zero-order valence-corrected chi connectivity index (χ0v) is 10.7. The minimum atomic E-state index is -4.40. The summed E-state index contributed by atoms with van der Waals surface area (Å²) >= 11 is 0. The molecule has 0 aliphatic carbocycles. The molecule has 0 amide bonds. The molecule has 0 radical (unpaired) electrons. The second kappa shape index (κ2) is 7.20. The molecule has 1 rings (SSSR count). The molecule has 0 fully saturated rings. The molecular weight excluding hydrogens is 283 g/mol. The maximum atomic E-state index is 11.9. The van der Waals surface area contributed by atoms with Crippen LogP contribution in [0.5, 0.6) is 0 Å². The van der Waals surface area contributed by atoms with Crippen LogP contribution in [-0.2, 0) is 22.4 Å². The largest absolute Gasteiger partial charge is 0.476 e. The van der Waals surface area contributed by atoms with Crippen LogP contribution in [0.15, 0.2) is 0 Å². The van der Waals surface area contributed by atoms with Crippen molar-refractivity contribution in [1.82, 2.24) is 15.0 Å². The number of alkyl halides is 3. The van der Waals surface area contributed by atoms with Crippen molar-refractivity contribution in [2.24, 2.45) is 0 Å². The van der Waals surface area contributed by atoms with Crippen molar-refractivity contribution in [3.63, 3.8) is 0 Å². The Balaban J connectivity index is 2.62. The molecule has 0 saturated heterocycles. The number of halogens is 3. The van der Waals surface area contributed by atoms with Gasteiger partial charge in [-0.3, -0.25) is 0 Å². The highest BCUT2D eigenvalue weighted by Gasteiger charge is 2.27. The van der Waals surface area contributed by atoms with Gasteiger partial charge in [0.25, 0.3) is 0 Å². The van der Waals surface area contributed by atoms with Crippen LogP contribution in [0.2, 0.25) is 0 Å². The van der Waals surface area contributed by atoms with Gasteiger partial charge in [-0.05, 0) is 0 Å². The van der Waals surface area contributed by atoms with Crippen LogP contribution in [-0.4, -0.2) is 59.2 Å². The number of carboxylic acids is 1. The first kappa shape index (κ1) is 16.4. The lowest BCUT2D eigenvalue weighted by Crippen LogP contribution is -2.20. The molecule has 1 aromatic heterocycles. The number of hydrogen-bond acceptors (Lipinski definition) is 5. The molecule has 0 saturated carbocycles. The fraction of sp³-hybridized carbons (Fsp3) is 0.700. The molecule has 7 nitrogen and oxygen atoms in total. The number of carboxylic acid groups (broad SMARTS) is 1. The average Bonchev–Trinajstić information content (AvgIpc) is 2.74. The summed E-state index contributed by atoms with van der Waals surface area (Å²) in [4.78, 5) is 10.9. The van der Waals surface area contributed by atoms with E-state index < -0.39 is 18.8 Å². The van der Waals surface area contributed by atoms with Gasteiger partial charge in [0.15, 0.2) is 5.69 Å². The average molecular weight is 297 g/mol. The van der Waals surface area contributed by atoms with Gasteiger partial charge in [-0.1, -0.05) is 5.21 Å². The molecule has 10 heteroatoms. The Morgan fingerprint density at radius 3 is 2.65 bits per heavy atom. The number of aromatic carboxylic acids is 1. The van der Waals surface area contributed by atoms with E-state index in [-0.39, 0.29) is 37.6 Å². The molecule has 1 N–H and O–H groups in total. The third-order valence-electron chi connectivity index (χ3n) is 2.30. The predicted octanol–water partition coefficient (Wildman–Crippen LogP) is 0.744. The zero-order chi connectivity index (χ0) is 15.2. The number of rotatable bonds is 8. The maximum absolute atomic E-state index is 11.9. The van der Waals surface area contributed by atoms with Gasteiger partial charge < -0.3 is 14.6 Å². The molecule has 0 aliphatic rings. The molecule has 0 atom stereocenters. The van der Waals surface area contributed by atoms with Gasteiger partial charge in [0.1, 0.15) is 6.61 Å². The number of hydrogen-bond donors (Lipinski definition) is 1. The van der Waals surface area contributed by atoms with E-state index in [9.17, 15) is 18.0 Å². The topological polar surface area (TPSA) is 86.5 Å². The van der Waals surface area contributed by atoms with Crippen molar-refractivity contribution >= 4 is 5.97 Å². The van der Waals surface area contributed by atoms with Gasteiger partial charge in [-0.25, -0.2) is 9.48 Å². The third-order valence-corrected chi connectivity index (χ3v) is 2.30. The van der Waals surface area contributed by atoms with E-state index in [1.54, 1.807) is 0 Å². The van der Waals surface area contributed by atoms with Crippen molar-refractivity contribution in [2.75, 3.05) is 26.9 Å². The lowest BCUT2D eigenvalue weighted by Gasteiger charge is -2.09. The molecule has 114 valence electrons. The molecular formula is C10H14F3N3O4. The molecule has 1 aromatic rings. The fourth-order valence-corrected chi connectivity index (χ4v) is 1.46. The van der Waals surface area contributed by atoms with Crippen molar-refractivity contribution in [2.45, 2.75) is 19.1 Å². The Kier molecular flexibility index (Phi) is 5.89. The SMILES string of the molecule is COCCc1c(C(=O)O)nnn1CCOCC(F)(F)F. The minimum absolute atomic E-state index is 0.0184. The second-order valence-corrected chi connectivity index (χ2v) is 3.82. The number of aromatic nitrogens is 3. The minimum Gasteiger partial charge on any atom is -0.476 e. The lowest BCUT2D eigenvalue weighted by molar-refractivity contribution is -0.174. The molecule has 1 heterocycles. The van der Waals surface area contributed by atoms with Crippen LogP contribution in [0.4, 0.5) is 13.2 Å². The highest BCUT2D eigenvalue weighted by Crippen LogP contribution is 2.14. The Morgan fingerprint density at radius 1 is 1.40 bits per heavy atom. The smallest absolute Gasteiger partial charge is 0.411 e. The van der Waals surface area contributed by atoms with Crippen LogP contribution >= 0.6 is 0 Å². The van der Waals surface area contributed by atoms with E-state index in [1.165, 1.54) is 11.8 Å². The van der Waals surface area contributed by atoms with Gasteiger partial charge in [0.2, 0.25) is 0 Å². The van der Waals surface area contributed by atoms with Gasteiger partial charge in [-0.2, -0.15) is 13.2 Å². The molecule has 0 aliphatic heterocycles. The van der Waals surface area contributed by atoms with E-state index in [0.717, 1.165) is 0 Å². The van der Waals surface area contributed by atoms with E-state index in [2.05, 4.69) is 15.0 Å². The van der Waals surface area contributed by atoms with Gasteiger partial charge >= 0.3 is 12.1 Å². The first-order chi connectivity index (χ1) is 9.35. The van der Waals surface area contributed by atoms with Gasteiger partial charge in [0, 0.05) is 13.5 Å². The molecule has 0 spiro atoms. The van der Waals surface area contributed by atoms with E-state index in [0.29, 0.717) is 0 Å². The molecule has 0 bridgehead atoms. The Hall–Kier alpha value is -1.68. The standard InChI is InChI=1S/C10H14F3N3O4/c1-19-4-2-7-8(9(17)18)14-15-16(7)3-5-20-6-10(11,12)13/h2-6H2,1H3,(H,17,18). The summed E-state index contributed by atoms with van der Waals surface area (Å²) in [5, 5.41) is 16.0. The molecule has 0 unspecified atom stereocenters. The number of nitrogens with zero attached hydrogens (tertiary/aromatic N) is 3. The van der Waals surface area contributed by atoms with Gasteiger partial charge in [0.05, 0.1) is 25.5 Å². The summed E-state index contributed by atoms with van der Waals surface area (Å²) in [6, 6.07) is 0. The quantitative estimate of drug-likeness (QED) is 0.712. The number of ether oxygens (including phenoxy) is 2. The van der Waals surface area contributed by atoms with Crippen LogP contribution in [0, 0.1) is 0 Å². The maximum Gasteiger partial charge on any atom is 0.411 e. The first-order valence-electron chi connectivity index (χ1n) is 5.64. The fourth-order valence-electron chi connectivity index (χ4n) is 1.46.